The van der Waals surface area contributed by atoms with Crippen LogP contribution in [0.15, 0.2) is 0 Å². The van der Waals surface area contributed by atoms with Crippen LogP contribution in [0.25, 0.3) is 0 Å². The highest BCUT2D eigenvalue weighted by atomic mass is 16.3. The first-order chi connectivity index (χ1) is 16.0. The van der Waals surface area contributed by atoms with Gasteiger partial charge in [-0.25, -0.2) is 0 Å². The van der Waals surface area contributed by atoms with Gasteiger partial charge in [-0.05, 0) is 155 Å². The lowest BCUT2D eigenvalue weighted by atomic mass is 9.48. The second kappa shape index (κ2) is 9.04. The van der Waals surface area contributed by atoms with E-state index < -0.39 is 0 Å². The van der Waals surface area contributed by atoms with E-state index in [-0.39, 0.29) is 11.2 Å². The Kier molecular flexibility index (Phi) is 6.80. The summed E-state index contributed by atoms with van der Waals surface area (Å²) in [6.45, 7) is 12.1. The van der Waals surface area contributed by atoms with E-state index in [1.54, 1.807) is 0 Å². The van der Waals surface area contributed by atoms with Gasteiger partial charge in [0.05, 0.1) is 11.2 Å². The summed E-state index contributed by atoms with van der Waals surface area (Å²) in [5.41, 5.74) is 0.210. The second-order valence-electron chi connectivity index (χ2n) is 15.4. The second-order valence-corrected chi connectivity index (χ2v) is 15.4. The molecular formula is C32H56O2. The van der Waals surface area contributed by atoms with Gasteiger partial charge in [-0.1, -0.05) is 34.6 Å². The molecule has 0 aromatic rings. The van der Waals surface area contributed by atoms with Crippen LogP contribution in [0.5, 0.6) is 0 Å². The Bertz CT molecular complexity index is 719. The number of hydrogen-bond donors (Lipinski definition) is 2. The Morgan fingerprint density at radius 1 is 0.735 bits per heavy atom. The van der Waals surface area contributed by atoms with Crippen molar-refractivity contribution in [2.45, 2.75) is 149 Å². The molecule has 0 aromatic heterocycles. The van der Waals surface area contributed by atoms with Crippen molar-refractivity contribution in [3.05, 3.63) is 0 Å². The zero-order valence-electron chi connectivity index (χ0n) is 23.2. The van der Waals surface area contributed by atoms with Gasteiger partial charge in [-0.3, -0.25) is 0 Å². The van der Waals surface area contributed by atoms with Gasteiger partial charge in [-0.2, -0.15) is 0 Å². The monoisotopic (exact) mass is 472 g/mol. The minimum atomic E-state index is -0.389. The van der Waals surface area contributed by atoms with E-state index in [0.29, 0.717) is 10.8 Å². The van der Waals surface area contributed by atoms with Gasteiger partial charge in [0.25, 0.3) is 0 Å². The van der Waals surface area contributed by atoms with Crippen LogP contribution in [-0.4, -0.2) is 21.4 Å². The summed E-state index contributed by atoms with van der Waals surface area (Å²) >= 11 is 0. The van der Waals surface area contributed by atoms with Gasteiger partial charge in [0, 0.05) is 0 Å². The van der Waals surface area contributed by atoms with E-state index in [0.717, 1.165) is 80.0 Å². The number of aliphatic hydroxyl groups is 2. The molecule has 0 radical (unpaired) electrons. The van der Waals surface area contributed by atoms with Crippen molar-refractivity contribution in [3.8, 4) is 0 Å². The Hall–Kier alpha value is -0.0800. The molecule has 5 rings (SSSR count). The molecule has 0 saturated heterocycles. The minimum Gasteiger partial charge on any atom is -0.390 e. The third-order valence-electron chi connectivity index (χ3n) is 13.1. The van der Waals surface area contributed by atoms with E-state index in [2.05, 4.69) is 34.6 Å². The molecule has 196 valence electrons. The number of rotatable bonds is 5. The predicted octanol–water partition coefficient (Wildman–Crippen LogP) is 8.14. The van der Waals surface area contributed by atoms with Gasteiger partial charge in [0.1, 0.15) is 0 Å². The molecule has 2 nitrogen and oxygen atoms in total. The number of fused-ring (bicyclic) bond motifs is 5. The highest BCUT2D eigenvalue weighted by Crippen LogP contribution is 2.66. The van der Waals surface area contributed by atoms with Gasteiger partial charge in [0.2, 0.25) is 0 Å². The molecule has 2 heteroatoms. The van der Waals surface area contributed by atoms with Crippen LogP contribution in [0.3, 0.4) is 0 Å². The maximum absolute atomic E-state index is 11.3. The first-order valence-corrected chi connectivity index (χ1v) is 15.4. The molecule has 5 aliphatic carbocycles. The van der Waals surface area contributed by atoms with Crippen molar-refractivity contribution in [1.29, 1.82) is 0 Å². The molecule has 0 aliphatic heterocycles. The maximum atomic E-state index is 11.3. The summed E-state index contributed by atoms with van der Waals surface area (Å²) in [6, 6.07) is 0. The predicted molar refractivity (Wildman–Crippen MR) is 141 cm³/mol. The van der Waals surface area contributed by atoms with Crippen LogP contribution in [0, 0.1) is 52.3 Å². The van der Waals surface area contributed by atoms with Gasteiger partial charge >= 0.3 is 0 Å². The largest absolute Gasteiger partial charge is 0.390 e. The molecule has 2 N–H and O–H groups in total. The third-order valence-corrected chi connectivity index (χ3v) is 13.1. The van der Waals surface area contributed by atoms with Crippen LogP contribution in [0.1, 0.15) is 137 Å². The SMILES string of the molecule is CC[C@]1(O)CC[C@@H]2C3CC[C@]4(C)[C@@H]([C@H](C)CCC5(O)CCC(C)(C)CC5)CC[C@H]4[C@@H]3CC[C@H]2C1. The quantitative estimate of drug-likeness (QED) is 0.424. The summed E-state index contributed by atoms with van der Waals surface area (Å²) in [4.78, 5) is 0. The van der Waals surface area contributed by atoms with Gasteiger partial charge in [-0.15, -0.1) is 0 Å². The average Bonchev–Trinajstić information content (AvgIpc) is 3.17. The normalized spacial score (nSPS) is 48.4. The van der Waals surface area contributed by atoms with Gasteiger partial charge in [0.15, 0.2) is 0 Å². The summed E-state index contributed by atoms with van der Waals surface area (Å²) in [5.74, 6) is 6.13. The average molecular weight is 473 g/mol. The zero-order valence-corrected chi connectivity index (χ0v) is 23.2. The molecule has 9 atom stereocenters. The lowest BCUT2D eigenvalue weighted by Gasteiger charge is -2.57. The first-order valence-electron chi connectivity index (χ1n) is 15.4. The van der Waals surface area contributed by atoms with Crippen LogP contribution < -0.4 is 0 Å². The summed E-state index contributed by atoms with van der Waals surface area (Å²) < 4.78 is 0. The summed E-state index contributed by atoms with van der Waals surface area (Å²) in [6.07, 6.45) is 19.6. The fourth-order valence-corrected chi connectivity index (χ4v) is 10.6. The molecule has 0 heterocycles. The number of hydrogen-bond acceptors (Lipinski definition) is 2. The summed E-state index contributed by atoms with van der Waals surface area (Å²) in [5, 5.41) is 22.3. The fourth-order valence-electron chi connectivity index (χ4n) is 10.6. The van der Waals surface area contributed by atoms with E-state index in [4.69, 9.17) is 0 Å². The van der Waals surface area contributed by atoms with Crippen molar-refractivity contribution in [2.24, 2.45) is 52.3 Å². The van der Waals surface area contributed by atoms with Crippen LogP contribution in [0.2, 0.25) is 0 Å². The van der Waals surface area contributed by atoms with Crippen LogP contribution in [-0.2, 0) is 0 Å². The Balaban J connectivity index is 1.21. The van der Waals surface area contributed by atoms with E-state index in [1.165, 1.54) is 64.2 Å². The Morgan fingerprint density at radius 3 is 2.15 bits per heavy atom. The molecule has 0 aromatic carbocycles. The van der Waals surface area contributed by atoms with Gasteiger partial charge < -0.3 is 10.2 Å². The molecule has 1 unspecified atom stereocenters. The van der Waals surface area contributed by atoms with Crippen molar-refractivity contribution >= 4 is 0 Å². The fraction of sp³-hybridized carbons (Fsp3) is 1.00. The van der Waals surface area contributed by atoms with E-state index >= 15 is 0 Å². The lowest BCUT2D eigenvalue weighted by Crippen LogP contribution is -2.51. The topological polar surface area (TPSA) is 40.5 Å². The lowest BCUT2D eigenvalue weighted by molar-refractivity contribution is -0.109. The molecular weight excluding hydrogens is 416 g/mol. The summed E-state index contributed by atoms with van der Waals surface area (Å²) in [7, 11) is 0. The van der Waals surface area contributed by atoms with Crippen molar-refractivity contribution in [1.82, 2.24) is 0 Å². The zero-order chi connectivity index (χ0) is 24.4. The van der Waals surface area contributed by atoms with Crippen LogP contribution >= 0.6 is 0 Å². The molecule has 0 spiro atoms. The molecule has 0 bridgehead atoms. The molecule has 5 fully saturated rings. The third kappa shape index (κ3) is 4.55. The Labute approximate surface area is 211 Å². The smallest absolute Gasteiger partial charge is 0.0648 e. The van der Waals surface area contributed by atoms with Crippen LogP contribution in [0.4, 0.5) is 0 Å². The van der Waals surface area contributed by atoms with E-state index in [9.17, 15) is 10.2 Å². The molecule has 34 heavy (non-hydrogen) atoms. The molecule has 5 saturated carbocycles. The minimum absolute atomic E-state index is 0.358. The Morgan fingerprint density at radius 2 is 1.44 bits per heavy atom. The van der Waals surface area contributed by atoms with Crippen molar-refractivity contribution in [3.63, 3.8) is 0 Å². The van der Waals surface area contributed by atoms with Crippen molar-refractivity contribution in [2.75, 3.05) is 0 Å². The van der Waals surface area contributed by atoms with E-state index in [1.807, 2.05) is 0 Å². The molecule has 5 aliphatic rings. The first kappa shape index (κ1) is 25.6. The van der Waals surface area contributed by atoms with Crippen molar-refractivity contribution < 1.29 is 10.2 Å². The highest BCUT2D eigenvalue weighted by Gasteiger charge is 2.58. The maximum Gasteiger partial charge on any atom is 0.0648 e. The highest BCUT2D eigenvalue weighted by molar-refractivity contribution is 5.07. The molecule has 0 amide bonds. The standard InChI is InChI=1S/C32H56O2/c1-6-31(33)16-13-24-23(21-31)7-8-26-25(24)12-14-30(5)27(9-10-28(26)30)22(2)11-15-32(34)19-17-29(3,4)18-20-32/h22-28,33-34H,6-21H2,1-5H3/t22-,23+,24+,25?,26-,27-,28+,30-,31+/m1/s1.